The van der Waals surface area contributed by atoms with Gasteiger partial charge in [0.15, 0.2) is 6.10 Å². The molecule has 7 heteroatoms. The van der Waals surface area contributed by atoms with Gasteiger partial charge >= 0.3 is 5.97 Å². The van der Waals surface area contributed by atoms with E-state index in [1.54, 1.807) is 6.07 Å². The van der Waals surface area contributed by atoms with Crippen LogP contribution in [-0.4, -0.2) is 22.9 Å². The van der Waals surface area contributed by atoms with Crippen LogP contribution in [-0.2, 0) is 20.7 Å². The predicted octanol–water partition coefficient (Wildman–Crippen LogP) is 4.05. The minimum atomic E-state index is -0.994. The molecule has 2 aromatic carbocycles. The summed E-state index contributed by atoms with van der Waals surface area (Å²) in [5, 5.41) is 13.6. The molecule has 0 saturated carbocycles. The first-order valence-corrected chi connectivity index (χ1v) is 8.84. The standard InChI is InChI=1S/C21H22N2O5/c1-4-17-9-5-7-14(2)20(17)22-21(25)15(3)28-19(24)12-11-16-8-6-10-18(13-16)23(26)27/h5-13,15H,4H2,1-3H3,(H,22,25). The Hall–Kier alpha value is -3.48. The summed E-state index contributed by atoms with van der Waals surface area (Å²) in [5.41, 5.74) is 3.06. The van der Waals surface area contributed by atoms with Crippen LogP contribution in [0.15, 0.2) is 48.5 Å². The number of hydrogen-bond donors (Lipinski definition) is 1. The first-order valence-electron chi connectivity index (χ1n) is 8.84. The van der Waals surface area contributed by atoms with E-state index in [0.717, 1.165) is 29.3 Å². The summed E-state index contributed by atoms with van der Waals surface area (Å²) in [4.78, 5) is 34.6. The Morgan fingerprint density at radius 1 is 1.25 bits per heavy atom. The van der Waals surface area contributed by atoms with E-state index in [2.05, 4.69) is 5.32 Å². The number of anilines is 1. The molecule has 0 aliphatic carbocycles. The second kappa shape index (κ2) is 9.45. The van der Waals surface area contributed by atoms with Gasteiger partial charge in [0, 0.05) is 23.9 Å². The number of carbonyl (C=O) groups excluding carboxylic acids is 2. The van der Waals surface area contributed by atoms with Crippen molar-refractivity contribution in [1.29, 1.82) is 0 Å². The van der Waals surface area contributed by atoms with Crippen LogP contribution in [0.5, 0.6) is 0 Å². The highest BCUT2D eigenvalue weighted by Gasteiger charge is 2.18. The van der Waals surface area contributed by atoms with Crippen molar-refractivity contribution in [3.8, 4) is 0 Å². The molecule has 1 atom stereocenters. The summed E-state index contributed by atoms with van der Waals surface area (Å²) in [7, 11) is 0. The zero-order valence-corrected chi connectivity index (χ0v) is 16.0. The summed E-state index contributed by atoms with van der Waals surface area (Å²) in [6, 6.07) is 11.6. The maximum absolute atomic E-state index is 12.4. The molecular weight excluding hydrogens is 360 g/mol. The van der Waals surface area contributed by atoms with Crippen molar-refractivity contribution in [2.45, 2.75) is 33.3 Å². The number of nitrogens with zero attached hydrogens (tertiary/aromatic N) is 1. The van der Waals surface area contributed by atoms with Crippen LogP contribution >= 0.6 is 0 Å². The molecule has 1 amide bonds. The number of nitro groups is 1. The number of esters is 1. The van der Waals surface area contributed by atoms with Gasteiger partial charge in [0.25, 0.3) is 11.6 Å². The van der Waals surface area contributed by atoms with Gasteiger partial charge in [-0.1, -0.05) is 37.3 Å². The molecule has 2 aromatic rings. The molecule has 2 rings (SSSR count). The molecule has 0 bridgehead atoms. The van der Waals surface area contributed by atoms with Crippen LogP contribution in [0, 0.1) is 17.0 Å². The number of nitro benzene ring substituents is 1. The first kappa shape index (κ1) is 20.8. The summed E-state index contributed by atoms with van der Waals surface area (Å²) in [5.74, 6) is -1.14. The Balaban J connectivity index is 1.99. The Labute approximate surface area is 163 Å². The first-order chi connectivity index (χ1) is 13.3. The lowest BCUT2D eigenvalue weighted by Crippen LogP contribution is -2.30. The van der Waals surface area contributed by atoms with Crippen LogP contribution in [0.3, 0.4) is 0 Å². The van der Waals surface area contributed by atoms with E-state index >= 15 is 0 Å². The van der Waals surface area contributed by atoms with Crippen LogP contribution in [0.1, 0.15) is 30.5 Å². The summed E-state index contributed by atoms with van der Waals surface area (Å²) >= 11 is 0. The van der Waals surface area contributed by atoms with Crippen molar-refractivity contribution in [2.75, 3.05) is 5.32 Å². The quantitative estimate of drug-likeness (QED) is 0.337. The van der Waals surface area contributed by atoms with Gasteiger partial charge in [0.1, 0.15) is 0 Å². The number of benzene rings is 2. The highest BCUT2D eigenvalue weighted by molar-refractivity contribution is 5.97. The van der Waals surface area contributed by atoms with Gasteiger partial charge in [0.05, 0.1) is 4.92 Å². The lowest BCUT2D eigenvalue weighted by Gasteiger charge is -2.16. The lowest BCUT2D eigenvalue weighted by molar-refractivity contribution is -0.384. The van der Waals surface area contributed by atoms with Crippen molar-refractivity contribution in [1.82, 2.24) is 0 Å². The zero-order valence-electron chi connectivity index (χ0n) is 16.0. The molecule has 1 unspecified atom stereocenters. The van der Waals surface area contributed by atoms with Crippen LogP contribution in [0.2, 0.25) is 0 Å². The van der Waals surface area contributed by atoms with Gasteiger partial charge in [0.2, 0.25) is 0 Å². The Morgan fingerprint density at radius 2 is 1.96 bits per heavy atom. The molecule has 146 valence electrons. The fraction of sp³-hybridized carbons (Fsp3) is 0.238. The van der Waals surface area contributed by atoms with Crippen molar-refractivity contribution in [3.63, 3.8) is 0 Å². The summed E-state index contributed by atoms with van der Waals surface area (Å²) < 4.78 is 5.13. The zero-order chi connectivity index (χ0) is 20.7. The predicted molar refractivity (Wildman–Crippen MR) is 107 cm³/mol. The third kappa shape index (κ3) is 5.51. The number of rotatable bonds is 7. The average Bonchev–Trinajstić information content (AvgIpc) is 2.68. The Morgan fingerprint density at radius 3 is 2.64 bits per heavy atom. The number of ether oxygens (including phenoxy) is 1. The number of para-hydroxylation sites is 1. The molecule has 1 N–H and O–H groups in total. The van der Waals surface area contributed by atoms with Crippen molar-refractivity contribution in [2.24, 2.45) is 0 Å². The third-order valence-corrected chi connectivity index (χ3v) is 4.14. The monoisotopic (exact) mass is 382 g/mol. The third-order valence-electron chi connectivity index (χ3n) is 4.14. The maximum atomic E-state index is 12.4. The van der Waals surface area contributed by atoms with Crippen LogP contribution in [0.4, 0.5) is 11.4 Å². The molecule has 0 aliphatic heterocycles. The summed E-state index contributed by atoms with van der Waals surface area (Å²) in [6.07, 6.45) is 2.30. The SMILES string of the molecule is CCc1cccc(C)c1NC(=O)C(C)OC(=O)C=Cc1cccc([N+](=O)[O-])c1. The largest absolute Gasteiger partial charge is 0.449 e. The van der Waals surface area contributed by atoms with Crippen molar-refractivity contribution >= 4 is 29.3 Å². The van der Waals surface area contributed by atoms with E-state index in [9.17, 15) is 19.7 Å². The van der Waals surface area contributed by atoms with E-state index < -0.39 is 22.9 Å². The number of aryl methyl sites for hydroxylation is 2. The molecular formula is C21H22N2O5. The Kier molecular flexibility index (Phi) is 7.03. The summed E-state index contributed by atoms with van der Waals surface area (Å²) in [6.45, 7) is 5.37. The van der Waals surface area contributed by atoms with Gasteiger partial charge in [-0.15, -0.1) is 0 Å². The Bertz CT molecular complexity index is 921. The van der Waals surface area contributed by atoms with Crippen LogP contribution in [0.25, 0.3) is 6.08 Å². The van der Waals surface area contributed by atoms with Gasteiger partial charge in [-0.3, -0.25) is 14.9 Å². The van der Waals surface area contributed by atoms with Gasteiger partial charge < -0.3 is 10.1 Å². The normalized spacial score (nSPS) is 11.8. The van der Waals surface area contributed by atoms with Crippen molar-refractivity contribution in [3.05, 3.63) is 75.3 Å². The molecule has 0 fully saturated rings. The second-order valence-electron chi connectivity index (χ2n) is 6.22. The number of carbonyl (C=O) groups is 2. The second-order valence-corrected chi connectivity index (χ2v) is 6.22. The number of amides is 1. The molecule has 0 aliphatic rings. The maximum Gasteiger partial charge on any atom is 0.331 e. The van der Waals surface area contributed by atoms with Crippen molar-refractivity contribution < 1.29 is 19.2 Å². The highest BCUT2D eigenvalue weighted by atomic mass is 16.6. The van der Waals surface area contributed by atoms with Crippen LogP contribution < -0.4 is 5.32 Å². The van der Waals surface area contributed by atoms with E-state index in [4.69, 9.17) is 4.74 Å². The minimum absolute atomic E-state index is 0.0757. The molecule has 28 heavy (non-hydrogen) atoms. The van der Waals surface area contributed by atoms with Gasteiger partial charge in [-0.05, 0) is 43.0 Å². The van der Waals surface area contributed by atoms with E-state index in [-0.39, 0.29) is 5.69 Å². The number of non-ortho nitro benzene ring substituents is 1. The topological polar surface area (TPSA) is 98.5 Å². The van der Waals surface area contributed by atoms with E-state index in [0.29, 0.717) is 5.56 Å². The van der Waals surface area contributed by atoms with Gasteiger partial charge in [-0.2, -0.15) is 0 Å². The molecule has 0 aromatic heterocycles. The highest BCUT2D eigenvalue weighted by Crippen LogP contribution is 2.21. The molecule has 0 radical (unpaired) electrons. The number of hydrogen-bond acceptors (Lipinski definition) is 5. The van der Waals surface area contributed by atoms with Gasteiger partial charge in [-0.25, -0.2) is 4.79 Å². The fourth-order valence-corrected chi connectivity index (χ4v) is 2.60. The smallest absolute Gasteiger partial charge is 0.331 e. The minimum Gasteiger partial charge on any atom is -0.449 e. The molecule has 0 saturated heterocycles. The molecule has 0 spiro atoms. The molecule has 0 heterocycles. The fourth-order valence-electron chi connectivity index (χ4n) is 2.60. The van der Waals surface area contributed by atoms with E-state index in [1.807, 2.05) is 32.0 Å². The molecule has 7 nitrogen and oxygen atoms in total. The number of nitrogens with one attached hydrogen (secondary N) is 1. The average molecular weight is 382 g/mol. The lowest BCUT2D eigenvalue weighted by atomic mass is 10.1. The van der Waals surface area contributed by atoms with E-state index in [1.165, 1.54) is 31.2 Å².